The number of oxime groups is 1. The van der Waals surface area contributed by atoms with Crippen molar-refractivity contribution in [2.75, 3.05) is 33.0 Å². The van der Waals surface area contributed by atoms with Crippen LogP contribution < -0.4 is 15.2 Å². The van der Waals surface area contributed by atoms with E-state index in [2.05, 4.69) is 5.16 Å². The molecule has 0 radical (unpaired) electrons. The average molecular weight is 328 g/mol. The second kappa shape index (κ2) is 10.7. The summed E-state index contributed by atoms with van der Waals surface area (Å²) in [6, 6.07) is 4.83. The van der Waals surface area contributed by atoms with Gasteiger partial charge in [-0.3, -0.25) is 0 Å². The van der Waals surface area contributed by atoms with E-state index in [0.29, 0.717) is 30.3 Å². The second-order valence-electron chi connectivity index (χ2n) is 4.37. The number of hydrogen-bond donors (Lipinski definition) is 3. The maximum atomic E-state index is 8.91. The predicted octanol–water partition coefficient (Wildman–Crippen LogP) is 0.930. The molecule has 0 saturated heterocycles. The van der Waals surface area contributed by atoms with Crippen molar-refractivity contribution in [3.05, 3.63) is 23.8 Å². The van der Waals surface area contributed by atoms with Gasteiger partial charge in [0, 0.05) is 18.8 Å². The van der Waals surface area contributed by atoms with Gasteiger partial charge in [0.15, 0.2) is 23.6 Å². The van der Waals surface area contributed by atoms with E-state index in [4.69, 9.17) is 35.0 Å². The Labute approximate surface area is 135 Å². The first-order valence-electron chi connectivity index (χ1n) is 7.37. The molecule has 130 valence electrons. The van der Waals surface area contributed by atoms with Crippen molar-refractivity contribution in [2.45, 2.75) is 20.1 Å². The van der Waals surface area contributed by atoms with Gasteiger partial charge in [-0.15, -0.1) is 0 Å². The smallest absolute Gasteiger partial charge is 0.191 e. The molecule has 0 aliphatic rings. The molecule has 0 aliphatic carbocycles. The van der Waals surface area contributed by atoms with Crippen molar-refractivity contribution in [2.24, 2.45) is 10.9 Å². The Morgan fingerprint density at radius 2 is 1.87 bits per heavy atom. The number of nitrogens with two attached hydrogens (primary N) is 1. The second-order valence-corrected chi connectivity index (χ2v) is 4.37. The van der Waals surface area contributed by atoms with Gasteiger partial charge in [0.1, 0.15) is 13.2 Å². The third-order valence-electron chi connectivity index (χ3n) is 2.78. The number of aliphatic hydroxyl groups excluding tert-OH is 1. The van der Waals surface area contributed by atoms with Gasteiger partial charge in [-0.1, -0.05) is 5.16 Å². The maximum Gasteiger partial charge on any atom is 0.191 e. The lowest BCUT2D eigenvalue weighted by Gasteiger charge is -2.19. The van der Waals surface area contributed by atoms with E-state index in [1.54, 1.807) is 18.2 Å². The largest absolute Gasteiger partial charge is 0.487 e. The van der Waals surface area contributed by atoms with E-state index >= 15 is 0 Å². The fourth-order valence-corrected chi connectivity index (χ4v) is 1.79. The van der Waals surface area contributed by atoms with Crippen molar-refractivity contribution in [1.82, 2.24) is 0 Å². The topological polar surface area (TPSA) is 116 Å². The van der Waals surface area contributed by atoms with Crippen LogP contribution in [0.25, 0.3) is 0 Å². The molecule has 23 heavy (non-hydrogen) atoms. The highest BCUT2D eigenvalue weighted by atomic mass is 16.7. The minimum Gasteiger partial charge on any atom is -0.487 e. The van der Waals surface area contributed by atoms with Crippen LogP contribution in [0, 0.1) is 0 Å². The molecular weight excluding hydrogens is 304 g/mol. The Kier molecular flexibility index (Phi) is 8.81. The van der Waals surface area contributed by atoms with Gasteiger partial charge in [0.2, 0.25) is 0 Å². The zero-order valence-corrected chi connectivity index (χ0v) is 13.4. The Balaban J connectivity index is 2.86. The SMILES string of the molecule is CCOC(COc1ccc(/C(N)=N/O)cc1OCCO)OCC. The van der Waals surface area contributed by atoms with Crippen molar-refractivity contribution in [1.29, 1.82) is 0 Å². The summed E-state index contributed by atoms with van der Waals surface area (Å²) in [5, 5.41) is 20.6. The predicted molar refractivity (Wildman–Crippen MR) is 84.1 cm³/mol. The van der Waals surface area contributed by atoms with Crippen molar-refractivity contribution >= 4 is 5.84 Å². The molecule has 8 heteroatoms. The van der Waals surface area contributed by atoms with Crippen molar-refractivity contribution in [3.8, 4) is 11.5 Å². The fourth-order valence-electron chi connectivity index (χ4n) is 1.79. The van der Waals surface area contributed by atoms with Crippen LogP contribution in [0.15, 0.2) is 23.4 Å². The van der Waals surface area contributed by atoms with Crippen LogP contribution in [0.2, 0.25) is 0 Å². The Morgan fingerprint density at radius 3 is 2.43 bits per heavy atom. The van der Waals surface area contributed by atoms with Gasteiger partial charge < -0.3 is 35.0 Å². The summed E-state index contributed by atoms with van der Waals surface area (Å²) >= 11 is 0. The molecule has 0 aliphatic heterocycles. The lowest BCUT2D eigenvalue weighted by Crippen LogP contribution is -2.25. The molecule has 0 unspecified atom stereocenters. The number of aliphatic hydroxyl groups is 1. The van der Waals surface area contributed by atoms with E-state index in [0.717, 1.165) is 0 Å². The standard InChI is InChI=1S/C15H24N2O6/c1-3-20-14(21-4-2)10-23-12-6-5-11(15(16)17-19)9-13(12)22-8-7-18/h5-6,9,14,18-19H,3-4,7-8,10H2,1-2H3,(H2,16,17). The number of rotatable bonds is 11. The summed E-state index contributed by atoms with van der Waals surface area (Å²) in [5.41, 5.74) is 6.03. The molecule has 0 aromatic heterocycles. The van der Waals surface area contributed by atoms with Gasteiger partial charge in [-0.05, 0) is 32.0 Å². The Hall–Kier alpha value is -2.03. The summed E-state index contributed by atoms with van der Waals surface area (Å²) in [4.78, 5) is 0. The first-order chi connectivity index (χ1) is 11.2. The molecule has 4 N–H and O–H groups in total. The molecule has 0 spiro atoms. The zero-order valence-electron chi connectivity index (χ0n) is 13.4. The van der Waals surface area contributed by atoms with Gasteiger partial charge in [-0.25, -0.2) is 0 Å². The molecule has 8 nitrogen and oxygen atoms in total. The first kappa shape index (κ1) is 19.0. The normalized spacial score (nSPS) is 11.7. The Morgan fingerprint density at radius 1 is 1.17 bits per heavy atom. The van der Waals surface area contributed by atoms with Crippen molar-refractivity contribution < 1.29 is 29.3 Å². The highest BCUT2D eigenvalue weighted by Crippen LogP contribution is 2.28. The monoisotopic (exact) mass is 328 g/mol. The van der Waals surface area contributed by atoms with Gasteiger partial charge >= 0.3 is 0 Å². The summed E-state index contributed by atoms with van der Waals surface area (Å²) in [6.45, 7) is 4.88. The first-order valence-corrected chi connectivity index (χ1v) is 7.37. The fraction of sp³-hybridized carbons (Fsp3) is 0.533. The van der Waals surface area contributed by atoms with Crippen LogP contribution in [0.5, 0.6) is 11.5 Å². The maximum absolute atomic E-state index is 8.91. The number of ether oxygens (including phenoxy) is 4. The molecule has 1 rings (SSSR count). The molecule has 0 heterocycles. The third-order valence-corrected chi connectivity index (χ3v) is 2.78. The summed E-state index contributed by atoms with van der Waals surface area (Å²) < 4.78 is 21.9. The molecule has 0 saturated carbocycles. The van der Waals surface area contributed by atoms with Gasteiger partial charge in [0.05, 0.1) is 6.61 Å². The van der Waals surface area contributed by atoms with Crippen LogP contribution in [0.1, 0.15) is 19.4 Å². The summed E-state index contributed by atoms with van der Waals surface area (Å²) in [6.07, 6.45) is -0.487. The molecule has 1 aromatic rings. The van der Waals surface area contributed by atoms with E-state index in [1.165, 1.54) is 0 Å². The van der Waals surface area contributed by atoms with E-state index in [1.807, 2.05) is 13.8 Å². The number of hydrogen-bond acceptors (Lipinski definition) is 7. The number of benzene rings is 1. The van der Waals surface area contributed by atoms with Crippen LogP contribution in [0.3, 0.4) is 0 Å². The quantitative estimate of drug-likeness (QED) is 0.182. The molecule has 1 aromatic carbocycles. The number of amidine groups is 1. The van der Waals surface area contributed by atoms with Crippen LogP contribution in [-0.2, 0) is 9.47 Å². The average Bonchev–Trinajstić information content (AvgIpc) is 2.57. The lowest BCUT2D eigenvalue weighted by atomic mass is 10.2. The van der Waals surface area contributed by atoms with E-state index in [9.17, 15) is 0 Å². The number of nitrogens with zero attached hydrogens (tertiary/aromatic N) is 1. The molecule has 0 atom stereocenters. The highest BCUT2D eigenvalue weighted by molar-refractivity contribution is 5.97. The zero-order chi connectivity index (χ0) is 17.1. The van der Waals surface area contributed by atoms with E-state index in [-0.39, 0.29) is 25.7 Å². The highest BCUT2D eigenvalue weighted by Gasteiger charge is 2.13. The lowest BCUT2D eigenvalue weighted by molar-refractivity contribution is -0.152. The van der Waals surface area contributed by atoms with Crippen LogP contribution >= 0.6 is 0 Å². The molecule has 0 amide bonds. The molecular formula is C15H24N2O6. The summed E-state index contributed by atoms with van der Waals surface area (Å²) in [7, 11) is 0. The molecule has 0 bridgehead atoms. The minimum absolute atomic E-state index is 0.0492. The van der Waals surface area contributed by atoms with E-state index < -0.39 is 6.29 Å². The van der Waals surface area contributed by atoms with Crippen molar-refractivity contribution in [3.63, 3.8) is 0 Å². The van der Waals surface area contributed by atoms with Crippen LogP contribution in [-0.4, -0.2) is 55.5 Å². The third kappa shape index (κ3) is 6.31. The molecule has 0 fully saturated rings. The Bertz CT molecular complexity index is 489. The van der Waals surface area contributed by atoms with Gasteiger partial charge in [0.25, 0.3) is 0 Å². The minimum atomic E-state index is -0.487. The summed E-state index contributed by atoms with van der Waals surface area (Å²) in [5.74, 6) is 0.763. The van der Waals surface area contributed by atoms with Crippen LogP contribution in [0.4, 0.5) is 0 Å². The van der Waals surface area contributed by atoms with Gasteiger partial charge in [-0.2, -0.15) is 0 Å².